The number of hydrogen-bond donors (Lipinski definition) is 1. The van der Waals surface area contributed by atoms with Gasteiger partial charge in [0, 0.05) is 0 Å². The number of halogens is 1. The number of carboxylic acid groups (broad SMARTS) is 1. The summed E-state index contributed by atoms with van der Waals surface area (Å²) in [4.78, 5) is 17.7. The van der Waals surface area contributed by atoms with Gasteiger partial charge in [0.15, 0.2) is 11.5 Å². The highest BCUT2D eigenvalue weighted by Crippen LogP contribution is 2.21. The largest absolute Gasteiger partial charge is 0.476 e. The molecule has 0 bridgehead atoms. The van der Waals surface area contributed by atoms with Gasteiger partial charge in [-0.15, -0.1) is 0 Å². The van der Waals surface area contributed by atoms with E-state index in [9.17, 15) is 9.18 Å². The summed E-state index contributed by atoms with van der Waals surface area (Å²) in [5.41, 5.74) is -0.565. The average molecular weight is 212 g/mol. The first kappa shape index (κ1) is 11.6. The highest BCUT2D eigenvalue weighted by atomic mass is 19.1. The summed E-state index contributed by atoms with van der Waals surface area (Å²) >= 11 is 0. The summed E-state index contributed by atoms with van der Waals surface area (Å²) in [6, 6.07) is 0. The van der Waals surface area contributed by atoms with E-state index < -0.39 is 17.5 Å². The molecular formula is C10H13FN2O2. The first-order chi connectivity index (χ1) is 6.81. The maximum absolute atomic E-state index is 13.5. The van der Waals surface area contributed by atoms with Crippen molar-refractivity contribution in [3.8, 4) is 0 Å². The lowest BCUT2D eigenvalue weighted by molar-refractivity contribution is 0.0684. The summed E-state index contributed by atoms with van der Waals surface area (Å²) in [7, 11) is 0. The molecule has 4 nitrogen and oxygen atoms in total. The minimum Gasteiger partial charge on any atom is -0.476 e. The Bertz CT molecular complexity index is 385. The van der Waals surface area contributed by atoms with Gasteiger partial charge in [-0.3, -0.25) is 0 Å². The molecule has 0 aliphatic rings. The third-order valence-electron chi connectivity index (χ3n) is 1.76. The number of hydrogen-bond acceptors (Lipinski definition) is 3. The Kier molecular flexibility index (Phi) is 3.02. The van der Waals surface area contributed by atoms with Crippen molar-refractivity contribution < 1.29 is 14.3 Å². The van der Waals surface area contributed by atoms with E-state index in [1.807, 2.05) is 20.8 Å². The first-order valence-electron chi connectivity index (χ1n) is 4.54. The fourth-order valence-corrected chi connectivity index (χ4v) is 1.18. The van der Waals surface area contributed by atoms with Crippen molar-refractivity contribution in [1.82, 2.24) is 9.97 Å². The SMILES string of the molecule is CC(C)(C)Cc1ncnc(C(=O)O)c1F. The lowest BCUT2D eigenvalue weighted by Crippen LogP contribution is -2.15. The summed E-state index contributed by atoms with van der Waals surface area (Å²) in [5.74, 6) is -2.20. The molecule has 1 aromatic rings. The van der Waals surface area contributed by atoms with Crippen molar-refractivity contribution in [1.29, 1.82) is 0 Å². The molecule has 1 heterocycles. The molecule has 15 heavy (non-hydrogen) atoms. The highest BCUT2D eigenvalue weighted by molar-refractivity contribution is 5.85. The molecule has 0 radical (unpaired) electrons. The number of rotatable bonds is 2. The number of carbonyl (C=O) groups is 1. The predicted molar refractivity (Wildman–Crippen MR) is 52.1 cm³/mol. The maximum Gasteiger partial charge on any atom is 0.357 e. The quantitative estimate of drug-likeness (QED) is 0.813. The normalized spacial score (nSPS) is 11.5. The van der Waals surface area contributed by atoms with Crippen molar-refractivity contribution in [3.63, 3.8) is 0 Å². The maximum atomic E-state index is 13.5. The van der Waals surface area contributed by atoms with Gasteiger partial charge in [0.05, 0.1) is 5.69 Å². The van der Waals surface area contributed by atoms with Crippen molar-refractivity contribution in [2.75, 3.05) is 0 Å². The smallest absolute Gasteiger partial charge is 0.357 e. The molecule has 0 aromatic carbocycles. The van der Waals surface area contributed by atoms with E-state index in [2.05, 4.69) is 9.97 Å². The Balaban J connectivity index is 3.10. The van der Waals surface area contributed by atoms with Gasteiger partial charge in [-0.1, -0.05) is 20.8 Å². The molecule has 0 aliphatic heterocycles. The van der Waals surface area contributed by atoms with Crippen molar-refractivity contribution >= 4 is 5.97 Å². The second-order valence-corrected chi connectivity index (χ2v) is 4.53. The van der Waals surface area contributed by atoms with E-state index in [4.69, 9.17) is 5.11 Å². The zero-order valence-corrected chi connectivity index (χ0v) is 8.91. The van der Waals surface area contributed by atoms with E-state index in [1.54, 1.807) is 0 Å². The summed E-state index contributed by atoms with van der Waals surface area (Å²) < 4.78 is 13.5. The van der Waals surface area contributed by atoms with Gasteiger partial charge in [-0.2, -0.15) is 0 Å². The molecule has 1 N–H and O–H groups in total. The molecular weight excluding hydrogens is 199 g/mol. The first-order valence-corrected chi connectivity index (χ1v) is 4.54. The van der Waals surface area contributed by atoms with E-state index in [0.717, 1.165) is 6.33 Å². The average Bonchev–Trinajstić information content (AvgIpc) is 2.05. The molecule has 0 atom stereocenters. The van der Waals surface area contributed by atoms with E-state index in [0.29, 0.717) is 6.42 Å². The molecule has 82 valence electrons. The van der Waals surface area contributed by atoms with Gasteiger partial charge in [-0.05, 0) is 11.8 Å². The second kappa shape index (κ2) is 3.92. The number of aromatic carboxylic acids is 1. The van der Waals surface area contributed by atoms with Crippen molar-refractivity contribution in [3.05, 3.63) is 23.5 Å². The molecule has 5 heteroatoms. The van der Waals surface area contributed by atoms with Gasteiger partial charge in [0.2, 0.25) is 0 Å². The topological polar surface area (TPSA) is 63.1 Å². The molecule has 0 spiro atoms. The molecule has 0 saturated heterocycles. The number of nitrogens with zero attached hydrogens (tertiary/aromatic N) is 2. The van der Waals surface area contributed by atoms with Gasteiger partial charge in [-0.25, -0.2) is 19.2 Å². The van der Waals surface area contributed by atoms with Crippen LogP contribution in [0.4, 0.5) is 4.39 Å². The van der Waals surface area contributed by atoms with E-state index in [1.165, 1.54) is 0 Å². The minimum atomic E-state index is -1.37. The molecule has 0 fully saturated rings. The second-order valence-electron chi connectivity index (χ2n) is 4.53. The Morgan fingerprint density at radius 2 is 2.07 bits per heavy atom. The van der Waals surface area contributed by atoms with Crippen LogP contribution >= 0.6 is 0 Å². The monoisotopic (exact) mass is 212 g/mol. The molecule has 0 saturated carbocycles. The van der Waals surface area contributed by atoms with E-state index >= 15 is 0 Å². The lowest BCUT2D eigenvalue weighted by atomic mass is 9.90. The van der Waals surface area contributed by atoms with E-state index in [-0.39, 0.29) is 11.1 Å². The van der Waals surface area contributed by atoms with Crippen LogP contribution < -0.4 is 0 Å². The Morgan fingerprint density at radius 3 is 2.53 bits per heavy atom. The van der Waals surface area contributed by atoms with Gasteiger partial charge in [0.1, 0.15) is 6.33 Å². The summed E-state index contributed by atoms with van der Waals surface area (Å²) in [5, 5.41) is 8.66. The molecule has 0 unspecified atom stereocenters. The van der Waals surface area contributed by atoms with Crippen molar-refractivity contribution in [2.45, 2.75) is 27.2 Å². The van der Waals surface area contributed by atoms with Gasteiger partial charge in [0.25, 0.3) is 0 Å². The lowest BCUT2D eigenvalue weighted by Gasteiger charge is -2.17. The van der Waals surface area contributed by atoms with Gasteiger partial charge < -0.3 is 5.11 Å². The molecule has 0 amide bonds. The Hall–Kier alpha value is -1.52. The van der Waals surface area contributed by atoms with Crippen LogP contribution in [0.15, 0.2) is 6.33 Å². The zero-order chi connectivity index (χ0) is 11.6. The standard InChI is InChI=1S/C10H13FN2O2/c1-10(2,3)4-6-7(11)8(9(14)15)13-5-12-6/h5H,4H2,1-3H3,(H,14,15). The number of carboxylic acids is 1. The fourth-order valence-electron chi connectivity index (χ4n) is 1.18. The fraction of sp³-hybridized carbons (Fsp3) is 0.500. The third kappa shape index (κ3) is 2.97. The third-order valence-corrected chi connectivity index (χ3v) is 1.76. The van der Waals surface area contributed by atoms with Crippen molar-refractivity contribution in [2.24, 2.45) is 5.41 Å². The molecule has 0 aliphatic carbocycles. The van der Waals surface area contributed by atoms with Gasteiger partial charge >= 0.3 is 5.97 Å². The predicted octanol–water partition coefficient (Wildman–Crippen LogP) is 1.90. The Labute approximate surface area is 87.2 Å². The zero-order valence-electron chi connectivity index (χ0n) is 8.91. The van der Waals surface area contributed by atoms with Crippen LogP contribution in [0.1, 0.15) is 37.0 Å². The molecule has 1 aromatic heterocycles. The summed E-state index contributed by atoms with van der Waals surface area (Å²) in [6.07, 6.45) is 1.45. The highest BCUT2D eigenvalue weighted by Gasteiger charge is 2.21. The van der Waals surface area contributed by atoms with Crippen LogP contribution in [-0.2, 0) is 6.42 Å². The number of aromatic nitrogens is 2. The van der Waals surface area contributed by atoms with Crippen LogP contribution in [0.2, 0.25) is 0 Å². The van der Waals surface area contributed by atoms with Crippen LogP contribution in [-0.4, -0.2) is 21.0 Å². The minimum absolute atomic E-state index is 0.148. The summed E-state index contributed by atoms with van der Waals surface area (Å²) in [6.45, 7) is 5.78. The Morgan fingerprint density at radius 1 is 1.47 bits per heavy atom. The van der Waals surface area contributed by atoms with Crippen LogP contribution in [0.5, 0.6) is 0 Å². The molecule has 1 rings (SSSR count). The van der Waals surface area contributed by atoms with Crippen LogP contribution in [0.3, 0.4) is 0 Å². The van der Waals surface area contributed by atoms with Crippen LogP contribution in [0.25, 0.3) is 0 Å². The van der Waals surface area contributed by atoms with Crippen LogP contribution in [0, 0.1) is 11.2 Å².